The van der Waals surface area contributed by atoms with E-state index in [4.69, 9.17) is 4.74 Å². The van der Waals surface area contributed by atoms with Gasteiger partial charge in [0, 0.05) is 43.5 Å². The van der Waals surface area contributed by atoms with Gasteiger partial charge in [-0.2, -0.15) is 0 Å². The van der Waals surface area contributed by atoms with Gasteiger partial charge in [-0.15, -0.1) is 0 Å². The van der Waals surface area contributed by atoms with Gasteiger partial charge in [0.15, 0.2) is 0 Å². The van der Waals surface area contributed by atoms with Crippen LogP contribution in [0, 0.1) is 13.8 Å². The van der Waals surface area contributed by atoms with Crippen LogP contribution in [0.4, 0.5) is 5.69 Å². The third kappa shape index (κ3) is 5.24. The molecule has 0 radical (unpaired) electrons. The van der Waals surface area contributed by atoms with Crippen LogP contribution in [-0.4, -0.2) is 58.1 Å². The number of ether oxygens (including phenoxy) is 1. The summed E-state index contributed by atoms with van der Waals surface area (Å²) in [7, 11) is -3.81. The second-order valence-electron chi connectivity index (χ2n) is 8.37. The smallest absolute Gasteiger partial charge is 0.254 e. The average Bonchev–Trinajstić information content (AvgIpc) is 2.75. The van der Waals surface area contributed by atoms with Crippen molar-refractivity contribution in [2.75, 3.05) is 37.7 Å². The molecule has 0 spiro atoms. The van der Waals surface area contributed by atoms with Crippen molar-refractivity contribution in [2.45, 2.75) is 45.6 Å². The van der Waals surface area contributed by atoms with Crippen molar-refractivity contribution in [1.82, 2.24) is 9.62 Å². The van der Waals surface area contributed by atoms with Crippen LogP contribution in [-0.2, 0) is 10.0 Å². The third-order valence-corrected chi connectivity index (χ3v) is 7.33. The molecular weight excluding hydrogens is 426 g/mol. The van der Waals surface area contributed by atoms with Gasteiger partial charge in [-0.25, -0.2) is 13.1 Å². The van der Waals surface area contributed by atoms with Crippen LogP contribution < -0.4 is 14.4 Å². The van der Waals surface area contributed by atoms with E-state index in [9.17, 15) is 13.2 Å². The minimum atomic E-state index is -3.81. The Morgan fingerprint density at radius 3 is 2.41 bits per heavy atom. The molecule has 1 N–H and O–H groups in total. The van der Waals surface area contributed by atoms with Crippen molar-refractivity contribution in [2.24, 2.45) is 0 Å². The second kappa shape index (κ2) is 9.92. The first kappa shape index (κ1) is 24.1. The standard InChI is InChI=1S/C24H33N3O4S/c1-6-31-22-11-10-20(16-23(22)32(29,30)25-17(2)3)24(28)27-14-12-26(13-15-27)21-9-7-8-18(4)19(21)5/h7-11,16-17,25H,6,12-15H2,1-5H3. The number of anilines is 1. The van der Waals surface area contributed by atoms with Gasteiger partial charge in [0.2, 0.25) is 10.0 Å². The molecular formula is C24H33N3O4S. The number of sulfonamides is 1. The van der Waals surface area contributed by atoms with Crippen LogP contribution in [0.15, 0.2) is 41.3 Å². The zero-order chi connectivity index (χ0) is 23.5. The fourth-order valence-electron chi connectivity index (χ4n) is 3.91. The van der Waals surface area contributed by atoms with Gasteiger partial charge in [0.1, 0.15) is 10.6 Å². The summed E-state index contributed by atoms with van der Waals surface area (Å²) in [5, 5.41) is 0. The Kier molecular flexibility index (Phi) is 7.46. The summed E-state index contributed by atoms with van der Waals surface area (Å²) in [5.41, 5.74) is 4.05. The van der Waals surface area contributed by atoms with Gasteiger partial charge in [0.05, 0.1) is 6.61 Å². The molecule has 0 bridgehead atoms. The molecule has 174 valence electrons. The Morgan fingerprint density at radius 1 is 1.09 bits per heavy atom. The molecule has 0 saturated carbocycles. The van der Waals surface area contributed by atoms with Crippen molar-refractivity contribution in [1.29, 1.82) is 0 Å². The highest BCUT2D eigenvalue weighted by Crippen LogP contribution is 2.27. The summed E-state index contributed by atoms with van der Waals surface area (Å²) in [4.78, 5) is 17.3. The molecule has 3 rings (SSSR count). The van der Waals surface area contributed by atoms with Gasteiger partial charge < -0.3 is 14.5 Å². The lowest BCUT2D eigenvalue weighted by Crippen LogP contribution is -2.49. The highest BCUT2D eigenvalue weighted by atomic mass is 32.2. The molecule has 32 heavy (non-hydrogen) atoms. The summed E-state index contributed by atoms with van der Waals surface area (Å²) in [6, 6.07) is 10.6. The van der Waals surface area contributed by atoms with E-state index >= 15 is 0 Å². The fourth-order valence-corrected chi connectivity index (χ4v) is 5.33. The van der Waals surface area contributed by atoms with Crippen LogP contribution in [0.25, 0.3) is 0 Å². The lowest BCUT2D eigenvalue weighted by atomic mass is 10.1. The van der Waals surface area contributed by atoms with Crippen LogP contribution in [0.2, 0.25) is 0 Å². The normalized spacial score (nSPS) is 14.7. The van der Waals surface area contributed by atoms with E-state index in [1.165, 1.54) is 22.9 Å². The second-order valence-corrected chi connectivity index (χ2v) is 10.1. The number of nitrogens with one attached hydrogen (secondary N) is 1. The summed E-state index contributed by atoms with van der Waals surface area (Å²) < 4.78 is 33.7. The third-order valence-electron chi connectivity index (χ3n) is 5.65. The Hall–Kier alpha value is -2.58. The largest absolute Gasteiger partial charge is 0.492 e. The minimum absolute atomic E-state index is 0.00655. The Morgan fingerprint density at radius 2 is 1.78 bits per heavy atom. The van der Waals surface area contributed by atoms with Crippen molar-refractivity contribution in [3.63, 3.8) is 0 Å². The first-order valence-electron chi connectivity index (χ1n) is 11.0. The van der Waals surface area contributed by atoms with Gasteiger partial charge in [0.25, 0.3) is 5.91 Å². The molecule has 2 aromatic carbocycles. The van der Waals surface area contributed by atoms with Crippen LogP contribution in [0.5, 0.6) is 5.75 Å². The Balaban J connectivity index is 1.79. The molecule has 1 heterocycles. The van der Waals surface area contributed by atoms with Crippen LogP contribution in [0.3, 0.4) is 0 Å². The Bertz CT molecular complexity index is 1070. The Labute approximate surface area is 191 Å². The summed E-state index contributed by atoms with van der Waals surface area (Å²) in [6.45, 7) is 12.5. The number of piperazine rings is 1. The van der Waals surface area contributed by atoms with Gasteiger partial charge in [-0.1, -0.05) is 12.1 Å². The van der Waals surface area contributed by atoms with E-state index in [0.29, 0.717) is 25.3 Å². The zero-order valence-electron chi connectivity index (χ0n) is 19.5. The van der Waals surface area contributed by atoms with E-state index in [2.05, 4.69) is 41.7 Å². The molecule has 0 aromatic heterocycles. The van der Waals surface area contributed by atoms with Crippen molar-refractivity contribution < 1.29 is 17.9 Å². The monoisotopic (exact) mass is 459 g/mol. The number of hydrogen-bond acceptors (Lipinski definition) is 5. The quantitative estimate of drug-likeness (QED) is 0.687. The number of rotatable bonds is 7. The van der Waals surface area contributed by atoms with E-state index in [-0.39, 0.29) is 22.6 Å². The van der Waals surface area contributed by atoms with Crippen LogP contribution >= 0.6 is 0 Å². The van der Waals surface area contributed by atoms with Crippen molar-refractivity contribution in [3.05, 3.63) is 53.1 Å². The van der Waals surface area contributed by atoms with E-state index in [1.807, 2.05) is 0 Å². The molecule has 8 heteroatoms. The molecule has 0 aliphatic carbocycles. The zero-order valence-corrected chi connectivity index (χ0v) is 20.3. The number of hydrogen-bond donors (Lipinski definition) is 1. The maximum Gasteiger partial charge on any atom is 0.254 e. The molecule has 2 aromatic rings. The first-order chi connectivity index (χ1) is 15.1. The highest BCUT2D eigenvalue weighted by Gasteiger charge is 2.27. The van der Waals surface area contributed by atoms with E-state index < -0.39 is 10.0 Å². The lowest BCUT2D eigenvalue weighted by molar-refractivity contribution is 0.0746. The highest BCUT2D eigenvalue weighted by molar-refractivity contribution is 7.89. The summed E-state index contributed by atoms with van der Waals surface area (Å²) in [5.74, 6) is 0.0756. The van der Waals surface area contributed by atoms with Gasteiger partial charge >= 0.3 is 0 Å². The van der Waals surface area contributed by atoms with Gasteiger partial charge in [-0.3, -0.25) is 4.79 Å². The molecule has 1 saturated heterocycles. The number of carbonyl (C=O) groups excluding carboxylic acids is 1. The molecule has 1 aliphatic heterocycles. The van der Waals surface area contributed by atoms with E-state index in [1.54, 1.807) is 37.8 Å². The number of carbonyl (C=O) groups is 1. The maximum atomic E-state index is 13.2. The summed E-state index contributed by atoms with van der Waals surface area (Å²) >= 11 is 0. The maximum absolute atomic E-state index is 13.2. The molecule has 7 nitrogen and oxygen atoms in total. The molecule has 1 fully saturated rings. The summed E-state index contributed by atoms with van der Waals surface area (Å²) in [6.07, 6.45) is 0. The topological polar surface area (TPSA) is 79.0 Å². The van der Waals surface area contributed by atoms with Crippen molar-refractivity contribution in [3.8, 4) is 5.75 Å². The van der Waals surface area contributed by atoms with E-state index in [0.717, 1.165) is 13.1 Å². The number of aryl methyl sites for hydroxylation is 1. The van der Waals surface area contributed by atoms with Crippen LogP contribution in [0.1, 0.15) is 42.3 Å². The minimum Gasteiger partial charge on any atom is -0.492 e. The van der Waals surface area contributed by atoms with Crippen molar-refractivity contribution >= 4 is 21.6 Å². The predicted octanol–water partition coefficient (Wildman–Crippen LogP) is 3.35. The molecule has 1 amide bonds. The number of benzene rings is 2. The fraction of sp³-hybridized carbons (Fsp3) is 0.458. The SMILES string of the molecule is CCOc1ccc(C(=O)N2CCN(c3cccc(C)c3C)CC2)cc1S(=O)(=O)NC(C)C. The lowest BCUT2D eigenvalue weighted by Gasteiger charge is -2.37. The molecule has 1 aliphatic rings. The first-order valence-corrected chi connectivity index (χ1v) is 12.5. The predicted molar refractivity (Wildman–Crippen MR) is 127 cm³/mol. The number of amides is 1. The number of nitrogens with zero attached hydrogens (tertiary/aromatic N) is 2. The van der Waals surface area contributed by atoms with Gasteiger partial charge in [-0.05, 0) is 70.0 Å². The molecule has 0 atom stereocenters. The molecule has 0 unspecified atom stereocenters. The average molecular weight is 460 g/mol.